The molecule has 4 rings (SSSR count). The number of pyridine rings is 1. The number of hydrogen-bond acceptors (Lipinski definition) is 4. The molecule has 1 aliphatic heterocycles. The highest BCUT2D eigenvalue weighted by Crippen LogP contribution is 2.32. The molecule has 3 aromatic rings. The molecule has 2 heterocycles. The molecule has 1 aliphatic rings. The van der Waals surface area contributed by atoms with Crippen LogP contribution in [0, 0.1) is 6.92 Å². The van der Waals surface area contributed by atoms with Crippen LogP contribution in [0.25, 0.3) is 11.1 Å². The Balaban J connectivity index is 1.53. The minimum atomic E-state index is -0.0787. The van der Waals surface area contributed by atoms with Crippen molar-refractivity contribution in [1.29, 1.82) is 0 Å². The van der Waals surface area contributed by atoms with Crippen LogP contribution in [0.5, 0.6) is 0 Å². The SMILES string of the molecule is Cc1cc(-c2cc(C3CCOCC3)cnc2N)ccc1C(=O)NCc1ccccc1. The molecule has 0 bridgehead atoms. The lowest BCUT2D eigenvalue weighted by Crippen LogP contribution is -2.23. The first kappa shape index (κ1) is 20.1. The lowest BCUT2D eigenvalue weighted by molar-refractivity contribution is 0.0853. The largest absolute Gasteiger partial charge is 0.383 e. The standard InChI is InChI=1S/C25H27N3O2/c1-17-13-20(7-8-22(17)25(29)28-15-18-5-3-2-4-6-18)23-14-21(16-27-24(23)26)19-9-11-30-12-10-19/h2-8,13-14,16,19H,9-12,15H2,1H3,(H2,26,27)(H,28,29). The number of nitrogens with one attached hydrogen (secondary N) is 1. The number of hydrogen-bond donors (Lipinski definition) is 2. The number of carbonyl (C=O) groups is 1. The molecule has 2 aromatic carbocycles. The van der Waals surface area contributed by atoms with Crippen molar-refractivity contribution in [3.63, 3.8) is 0 Å². The molecule has 0 radical (unpaired) electrons. The predicted octanol–water partition coefficient (Wildman–Crippen LogP) is 4.46. The van der Waals surface area contributed by atoms with Gasteiger partial charge in [0.25, 0.3) is 5.91 Å². The van der Waals surface area contributed by atoms with Crippen LogP contribution >= 0.6 is 0 Å². The molecule has 0 atom stereocenters. The first-order chi connectivity index (χ1) is 14.6. The van der Waals surface area contributed by atoms with Crippen LogP contribution in [0.4, 0.5) is 5.82 Å². The van der Waals surface area contributed by atoms with E-state index in [0.717, 1.165) is 48.3 Å². The van der Waals surface area contributed by atoms with Gasteiger partial charge in [0.15, 0.2) is 0 Å². The van der Waals surface area contributed by atoms with Crippen molar-refractivity contribution < 1.29 is 9.53 Å². The van der Waals surface area contributed by atoms with Gasteiger partial charge in [0.05, 0.1) is 0 Å². The topological polar surface area (TPSA) is 77.2 Å². The zero-order chi connectivity index (χ0) is 20.9. The Bertz CT molecular complexity index is 1030. The van der Waals surface area contributed by atoms with Gasteiger partial charge in [-0.25, -0.2) is 4.98 Å². The molecule has 0 aliphatic carbocycles. The molecule has 0 saturated carbocycles. The number of aromatic nitrogens is 1. The van der Waals surface area contributed by atoms with Gasteiger partial charge in [-0.3, -0.25) is 4.79 Å². The Labute approximate surface area is 177 Å². The van der Waals surface area contributed by atoms with Gasteiger partial charge in [-0.15, -0.1) is 0 Å². The van der Waals surface area contributed by atoms with Crippen LogP contribution < -0.4 is 11.1 Å². The minimum absolute atomic E-state index is 0.0787. The average Bonchev–Trinajstić information content (AvgIpc) is 2.79. The number of nitrogens with two attached hydrogens (primary N) is 1. The Hall–Kier alpha value is -3.18. The third-order valence-corrected chi connectivity index (χ3v) is 5.71. The molecule has 1 amide bonds. The van der Waals surface area contributed by atoms with E-state index in [2.05, 4.69) is 16.4 Å². The summed E-state index contributed by atoms with van der Waals surface area (Å²) in [4.78, 5) is 17.1. The van der Waals surface area contributed by atoms with Crippen LogP contribution in [0.2, 0.25) is 0 Å². The van der Waals surface area contributed by atoms with Gasteiger partial charge in [-0.2, -0.15) is 0 Å². The molecule has 30 heavy (non-hydrogen) atoms. The van der Waals surface area contributed by atoms with Gasteiger partial charge in [0.2, 0.25) is 0 Å². The Morgan fingerprint density at radius 3 is 2.63 bits per heavy atom. The van der Waals surface area contributed by atoms with Gasteiger partial charge in [-0.1, -0.05) is 42.5 Å². The highest BCUT2D eigenvalue weighted by molar-refractivity contribution is 5.96. The summed E-state index contributed by atoms with van der Waals surface area (Å²) < 4.78 is 5.48. The van der Waals surface area contributed by atoms with Crippen LogP contribution in [-0.2, 0) is 11.3 Å². The third-order valence-electron chi connectivity index (χ3n) is 5.71. The summed E-state index contributed by atoms with van der Waals surface area (Å²) in [6.45, 7) is 4.03. The van der Waals surface area contributed by atoms with E-state index in [4.69, 9.17) is 10.5 Å². The van der Waals surface area contributed by atoms with E-state index in [0.29, 0.717) is 23.8 Å². The number of nitrogen functional groups attached to an aromatic ring is 1. The summed E-state index contributed by atoms with van der Waals surface area (Å²) in [5.74, 6) is 0.881. The minimum Gasteiger partial charge on any atom is -0.383 e. The zero-order valence-electron chi connectivity index (χ0n) is 17.2. The number of amides is 1. The number of anilines is 1. The average molecular weight is 402 g/mol. The number of rotatable bonds is 5. The maximum atomic E-state index is 12.7. The molecule has 1 saturated heterocycles. The summed E-state index contributed by atoms with van der Waals surface area (Å²) in [5, 5.41) is 2.99. The fraction of sp³-hybridized carbons (Fsp3) is 0.280. The first-order valence-electron chi connectivity index (χ1n) is 10.4. The van der Waals surface area contributed by atoms with Gasteiger partial charge in [0.1, 0.15) is 5.82 Å². The van der Waals surface area contributed by atoms with E-state index in [9.17, 15) is 4.79 Å². The van der Waals surface area contributed by atoms with Crippen molar-refractivity contribution in [3.05, 3.63) is 83.0 Å². The van der Waals surface area contributed by atoms with Crippen LogP contribution in [0.1, 0.15) is 45.8 Å². The first-order valence-corrected chi connectivity index (χ1v) is 10.4. The molecule has 0 unspecified atom stereocenters. The summed E-state index contributed by atoms with van der Waals surface area (Å²) >= 11 is 0. The summed E-state index contributed by atoms with van der Waals surface area (Å²) in [6.07, 6.45) is 3.89. The van der Waals surface area contributed by atoms with E-state index in [1.165, 1.54) is 5.56 Å². The second-order valence-electron chi connectivity index (χ2n) is 7.79. The molecule has 154 valence electrons. The third kappa shape index (κ3) is 4.52. The monoisotopic (exact) mass is 401 g/mol. The van der Waals surface area contributed by atoms with Crippen molar-refractivity contribution in [2.45, 2.75) is 32.2 Å². The number of nitrogens with zero attached hydrogens (tertiary/aromatic N) is 1. The van der Waals surface area contributed by atoms with Crippen molar-refractivity contribution in [1.82, 2.24) is 10.3 Å². The van der Waals surface area contributed by atoms with Gasteiger partial charge in [-0.05, 0) is 60.1 Å². The number of aryl methyl sites for hydroxylation is 1. The molecular weight excluding hydrogens is 374 g/mol. The van der Waals surface area contributed by atoms with Crippen molar-refractivity contribution in [2.75, 3.05) is 18.9 Å². The molecule has 1 fully saturated rings. The van der Waals surface area contributed by atoms with E-state index in [-0.39, 0.29) is 5.91 Å². The van der Waals surface area contributed by atoms with E-state index < -0.39 is 0 Å². The Morgan fingerprint density at radius 1 is 1.13 bits per heavy atom. The highest BCUT2D eigenvalue weighted by Gasteiger charge is 2.18. The molecule has 0 spiro atoms. The van der Waals surface area contributed by atoms with Gasteiger partial charge >= 0.3 is 0 Å². The maximum absolute atomic E-state index is 12.7. The maximum Gasteiger partial charge on any atom is 0.251 e. The molecule has 5 nitrogen and oxygen atoms in total. The normalized spacial score (nSPS) is 14.4. The number of carbonyl (C=O) groups excluding carboxylic acids is 1. The van der Waals surface area contributed by atoms with E-state index in [1.807, 2.05) is 61.7 Å². The fourth-order valence-electron chi connectivity index (χ4n) is 3.94. The summed E-state index contributed by atoms with van der Waals surface area (Å²) in [6, 6.07) is 17.9. The second kappa shape index (κ2) is 9.09. The van der Waals surface area contributed by atoms with E-state index in [1.54, 1.807) is 0 Å². The Kier molecular flexibility index (Phi) is 6.10. The lowest BCUT2D eigenvalue weighted by Gasteiger charge is -2.23. The second-order valence-corrected chi connectivity index (χ2v) is 7.79. The van der Waals surface area contributed by atoms with Gasteiger partial charge in [0, 0.05) is 37.1 Å². The quantitative estimate of drug-likeness (QED) is 0.662. The lowest BCUT2D eigenvalue weighted by atomic mass is 9.90. The molecule has 1 aromatic heterocycles. The van der Waals surface area contributed by atoms with Crippen LogP contribution in [0.3, 0.4) is 0 Å². The van der Waals surface area contributed by atoms with Crippen molar-refractivity contribution in [2.24, 2.45) is 0 Å². The fourth-order valence-corrected chi connectivity index (χ4v) is 3.94. The number of ether oxygens (including phenoxy) is 1. The van der Waals surface area contributed by atoms with Crippen LogP contribution in [0.15, 0.2) is 60.8 Å². The van der Waals surface area contributed by atoms with Crippen LogP contribution in [-0.4, -0.2) is 24.1 Å². The smallest absolute Gasteiger partial charge is 0.251 e. The van der Waals surface area contributed by atoms with Gasteiger partial charge < -0.3 is 15.8 Å². The number of benzene rings is 2. The summed E-state index contributed by atoms with van der Waals surface area (Å²) in [5.41, 5.74) is 11.9. The summed E-state index contributed by atoms with van der Waals surface area (Å²) in [7, 11) is 0. The van der Waals surface area contributed by atoms with E-state index >= 15 is 0 Å². The highest BCUT2D eigenvalue weighted by atomic mass is 16.5. The predicted molar refractivity (Wildman–Crippen MR) is 119 cm³/mol. The molecule has 3 N–H and O–H groups in total. The molecular formula is C25H27N3O2. The molecule has 5 heteroatoms. The Morgan fingerprint density at radius 2 is 1.90 bits per heavy atom. The van der Waals surface area contributed by atoms with Crippen molar-refractivity contribution in [3.8, 4) is 11.1 Å². The van der Waals surface area contributed by atoms with Crippen molar-refractivity contribution >= 4 is 11.7 Å². The zero-order valence-corrected chi connectivity index (χ0v) is 17.2.